The van der Waals surface area contributed by atoms with Gasteiger partial charge in [-0.25, -0.2) is 9.50 Å². The summed E-state index contributed by atoms with van der Waals surface area (Å²) in [5.41, 5.74) is -1.15. The van der Waals surface area contributed by atoms with E-state index in [1.54, 1.807) is 11.8 Å². The average molecular weight is 374 g/mol. The summed E-state index contributed by atoms with van der Waals surface area (Å²) in [7, 11) is 0. The summed E-state index contributed by atoms with van der Waals surface area (Å²) in [6.45, 7) is 3.32. The Balaban J connectivity index is 2.00. The van der Waals surface area contributed by atoms with E-state index in [0.717, 1.165) is 0 Å². The lowest BCUT2D eigenvalue weighted by Crippen LogP contribution is -2.38. The molecule has 1 saturated heterocycles. The molecular formula is C14H17F3N6O3. The third-order valence-electron chi connectivity index (χ3n) is 3.64. The fourth-order valence-corrected chi connectivity index (χ4v) is 2.45. The highest BCUT2D eigenvalue weighted by Gasteiger charge is 2.36. The van der Waals surface area contributed by atoms with Gasteiger partial charge in [0.15, 0.2) is 17.2 Å². The van der Waals surface area contributed by atoms with E-state index in [2.05, 4.69) is 20.4 Å². The second-order valence-electron chi connectivity index (χ2n) is 5.40. The summed E-state index contributed by atoms with van der Waals surface area (Å²) in [5, 5.41) is 6.67. The Morgan fingerprint density at radius 1 is 1.38 bits per heavy atom. The van der Waals surface area contributed by atoms with E-state index < -0.39 is 17.8 Å². The van der Waals surface area contributed by atoms with Crippen LogP contribution in [0.15, 0.2) is 6.20 Å². The number of hydrogen-bond acceptors (Lipinski definition) is 8. The van der Waals surface area contributed by atoms with E-state index in [4.69, 9.17) is 9.47 Å². The van der Waals surface area contributed by atoms with Gasteiger partial charge in [-0.3, -0.25) is 4.79 Å². The van der Waals surface area contributed by atoms with Gasteiger partial charge in [0.05, 0.1) is 26.0 Å². The maximum atomic E-state index is 13.2. The van der Waals surface area contributed by atoms with Crippen molar-refractivity contribution >= 4 is 23.4 Å². The van der Waals surface area contributed by atoms with Crippen LogP contribution in [0.4, 0.5) is 24.9 Å². The molecule has 9 nitrogen and oxygen atoms in total. The second kappa shape index (κ2) is 7.32. The van der Waals surface area contributed by atoms with E-state index in [9.17, 15) is 18.0 Å². The van der Waals surface area contributed by atoms with Crippen molar-refractivity contribution in [3.8, 4) is 0 Å². The summed E-state index contributed by atoms with van der Waals surface area (Å²) in [6.07, 6.45) is -3.95. The van der Waals surface area contributed by atoms with Crippen LogP contribution in [0.2, 0.25) is 0 Å². The number of anilines is 2. The van der Waals surface area contributed by atoms with Gasteiger partial charge in [-0.05, 0) is 6.92 Å². The van der Waals surface area contributed by atoms with Crippen LogP contribution in [0.5, 0.6) is 0 Å². The third kappa shape index (κ3) is 3.79. The Morgan fingerprint density at radius 2 is 2.12 bits per heavy atom. The van der Waals surface area contributed by atoms with Crippen LogP contribution in [0, 0.1) is 0 Å². The molecule has 2 aromatic rings. The SMILES string of the molecule is CCOC(=O)CNc1nc(N2CCOCC2)nn2c(C(F)(F)F)cnc12. The number of nitrogens with one attached hydrogen (secondary N) is 1. The number of carbonyl (C=O) groups excluding carboxylic acids is 1. The van der Waals surface area contributed by atoms with Crippen molar-refractivity contribution in [1.29, 1.82) is 0 Å². The largest absolute Gasteiger partial charge is 0.465 e. The molecule has 2 aromatic heterocycles. The average Bonchev–Trinajstić information content (AvgIpc) is 3.05. The molecule has 0 amide bonds. The predicted octanol–water partition coefficient (Wildman–Crippen LogP) is 0.955. The van der Waals surface area contributed by atoms with Gasteiger partial charge in [-0.2, -0.15) is 18.2 Å². The number of esters is 1. The molecule has 142 valence electrons. The van der Waals surface area contributed by atoms with Crippen LogP contribution < -0.4 is 10.2 Å². The molecular weight excluding hydrogens is 357 g/mol. The van der Waals surface area contributed by atoms with Gasteiger partial charge in [0, 0.05) is 13.1 Å². The minimum Gasteiger partial charge on any atom is -0.465 e. The van der Waals surface area contributed by atoms with Crippen LogP contribution in [-0.2, 0) is 20.4 Å². The number of fused-ring (bicyclic) bond motifs is 1. The molecule has 0 unspecified atom stereocenters. The quantitative estimate of drug-likeness (QED) is 0.774. The summed E-state index contributed by atoms with van der Waals surface area (Å²) < 4.78 is 50.4. The maximum Gasteiger partial charge on any atom is 0.435 e. The van der Waals surface area contributed by atoms with E-state index in [1.807, 2.05) is 0 Å². The lowest BCUT2D eigenvalue weighted by atomic mass is 10.4. The molecule has 3 rings (SSSR count). The van der Waals surface area contributed by atoms with Gasteiger partial charge in [0.2, 0.25) is 5.95 Å². The Hall–Kier alpha value is -2.63. The van der Waals surface area contributed by atoms with Crippen LogP contribution >= 0.6 is 0 Å². The molecule has 1 N–H and O–H groups in total. The van der Waals surface area contributed by atoms with E-state index in [-0.39, 0.29) is 30.6 Å². The molecule has 0 saturated carbocycles. The Bertz CT molecular complexity index is 788. The number of ether oxygens (including phenoxy) is 2. The summed E-state index contributed by atoms with van der Waals surface area (Å²) in [4.78, 5) is 21.2. The zero-order valence-corrected chi connectivity index (χ0v) is 13.9. The molecule has 3 heterocycles. The Kier molecular flexibility index (Phi) is 5.11. The first-order valence-corrected chi connectivity index (χ1v) is 7.95. The molecule has 12 heteroatoms. The van der Waals surface area contributed by atoms with E-state index in [1.165, 1.54) is 0 Å². The molecule has 0 aliphatic carbocycles. The number of halogens is 3. The highest BCUT2D eigenvalue weighted by atomic mass is 19.4. The molecule has 0 bridgehead atoms. The molecule has 0 atom stereocenters. The summed E-state index contributed by atoms with van der Waals surface area (Å²) in [5.74, 6) is -0.444. The van der Waals surface area contributed by atoms with Crippen molar-refractivity contribution in [1.82, 2.24) is 19.6 Å². The van der Waals surface area contributed by atoms with Crippen LogP contribution in [0.1, 0.15) is 12.6 Å². The summed E-state index contributed by atoms with van der Waals surface area (Å²) in [6, 6.07) is 0. The minimum atomic E-state index is -4.63. The van der Waals surface area contributed by atoms with Gasteiger partial charge in [0.25, 0.3) is 0 Å². The van der Waals surface area contributed by atoms with Gasteiger partial charge in [0.1, 0.15) is 6.54 Å². The minimum absolute atomic E-state index is 0.0186. The third-order valence-corrected chi connectivity index (χ3v) is 3.64. The number of alkyl halides is 3. The molecule has 0 radical (unpaired) electrons. The standard InChI is InChI=1S/C14H17F3N6O3/c1-2-26-10(24)8-18-11-12-19-7-9(14(15,16)17)23(12)21-13(20-11)22-3-5-25-6-4-22/h7H,2-6,8H2,1H3,(H,18,20,21). The van der Waals surface area contributed by atoms with Crippen molar-refractivity contribution in [2.45, 2.75) is 13.1 Å². The van der Waals surface area contributed by atoms with Crippen LogP contribution in [0.3, 0.4) is 0 Å². The van der Waals surface area contributed by atoms with Gasteiger partial charge in [-0.1, -0.05) is 0 Å². The fourth-order valence-electron chi connectivity index (χ4n) is 2.45. The molecule has 0 spiro atoms. The number of imidazole rings is 1. The first-order valence-electron chi connectivity index (χ1n) is 7.95. The number of aromatic nitrogens is 4. The Morgan fingerprint density at radius 3 is 2.77 bits per heavy atom. The maximum absolute atomic E-state index is 13.2. The lowest BCUT2D eigenvalue weighted by molar-refractivity contribution is -0.142. The second-order valence-corrected chi connectivity index (χ2v) is 5.40. The molecule has 1 aliphatic rings. The molecule has 1 fully saturated rings. The predicted molar refractivity (Wildman–Crippen MR) is 83.9 cm³/mol. The number of nitrogens with zero attached hydrogens (tertiary/aromatic N) is 5. The summed E-state index contributed by atoms with van der Waals surface area (Å²) >= 11 is 0. The van der Waals surface area contributed by atoms with Gasteiger partial charge in [-0.15, -0.1) is 5.10 Å². The van der Waals surface area contributed by atoms with Gasteiger partial charge < -0.3 is 19.7 Å². The van der Waals surface area contributed by atoms with E-state index >= 15 is 0 Å². The smallest absolute Gasteiger partial charge is 0.435 e. The molecule has 26 heavy (non-hydrogen) atoms. The van der Waals surface area contributed by atoms with Crippen molar-refractivity contribution in [2.24, 2.45) is 0 Å². The molecule has 0 aromatic carbocycles. The Labute approximate surface area is 146 Å². The van der Waals surface area contributed by atoms with Crippen molar-refractivity contribution in [3.63, 3.8) is 0 Å². The van der Waals surface area contributed by atoms with Crippen LogP contribution in [-0.4, -0.2) is 65.0 Å². The van der Waals surface area contributed by atoms with Crippen molar-refractivity contribution < 1.29 is 27.4 Å². The number of rotatable bonds is 5. The lowest BCUT2D eigenvalue weighted by Gasteiger charge is -2.27. The zero-order valence-electron chi connectivity index (χ0n) is 13.9. The first kappa shape index (κ1) is 18.2. The van der Waals surface area contributed by atoms with Crippen molar-refractivity contribution in [2.75, 3.05) is 49.7 Å². The molecule has 1 aliphatic heterocycles. The highest BCUT2D eigenvalue weighted by Crippen LogP contribution is 2.31. The number of morpholine rings is 1. The monoisotopic (exact) mass is 374 g/mol. The van der Waals surface area contributed by atoms with Gasteiger partial charge >= 0.3 is 12.1 Å². The first-order chi connectivity index (χ1) is 12.4. The topological polar surface area (TPSA) is 93.9 Å². The van der Waals surface area contributed by atoms with Crippen molar-refractivity contribution in [3.05, 3.63) is 11.9 Å². The number of carbonyl (C=O) groups is 1. The van der Waals surface area contributed by atoms with E-state index in [0.29, 0.717) is 37.0 Å². The van der Waals surface area contributed by atoms with Crippen LogP contribution in [0.25, 0.3) is 5.65 Å². The fraction of sp³-hybridized carbons (Fsp3) is 0.571. The highest BCUT2D eigenvalue weighted by molar-refractivity contribution is 5.77. The normalized spacial score (nSPS) is 15.3. The zero-order chi connectivity index (χ0) is 18.7. The number of hydrogen-bond donors (Lipinski definition) is 1.